The van der Waals surface area contributed by atoms with E-state index in [2.05, 4.69) is 38.7 Å². The van der Waals surface area contributed by atoms with Gasteiger partial charge in [-0.3, -0.25) is 9.59 Å². The summed E-state index contributed by atoms with van der Waals surface area (Å²) in [6.45, 7) is 5.85. The molecule has 40 heavy (non-hydrogen) atoms. The van der Waals surface area contributed by atoms with Crippen LogP contribution >= 0.6 is 27.3 Å². The van der Waals surface area contributed by atoms with Crippen molar-refractivity contribution >= 4 is 62.2 Å². The minimum absolute atomic E-state index is 0.195. The van der Waals surface area contributed by atoms with Crippen molar-refractivity contribution in [2.24, 2.45) is 11.0 Å². The molecule has 3 aromatic rings. The number of thiophene rings is 1. The number of aryl methyl sites for hydroxylation is 1. The van der Waals surface area contributed by atoms with E-state index >= 15 is 0 Å². The molecule has 0 spiro atoms. The van der Waals surface area contributed by atoms with E-state index in [1.807, 2.05) is 19.1 Å². The molecule has 0 saturated carbocycles. The average molecular weight is 627 g/mol. The molecule has 0 aliphatic heterocycles. The molecule has 0 bridgehead atoms. The third-order valence-corrected chi connectivity index (χ3v) is 8.00. The summed E-state index contributed by atoms with van der Waals surface area (Å²) in [5.41, 5.74) is 4.95. The van der Waals surface area contributed by atoms with Crippen LogP contribution in [0.5, 0.6) is 5.75 Å². The molecule has 1 atom stereocenters. The van der Waals surface area contributed by atoms with E-state index < -0.39 is 23.8 Å². The summed E-state index contributed by atoms with van der Waals surface area (Å²) in [5.74, 6) is -2.39. The van der Waals surface area contributed by atoms with E-state index in [1.165, 1.54) is 17.6 Å². The van der Waals surface area contributed by atoms with E-state index in [9.17, 15) is 19.2 Å². The minimum atomic E-state index is -1.03. The largest absolute Gasteiger partial charge is 0.462 e. The van der Waals surface area contributed by atoms with Crippen LogP contribution in [0.2, 0.25) is 0 Å². The topological polar surface area (TPSA) is 123 Å². The van der Waals surface area contributed by atoms with Crippen molar-refractivity contribution < 1.29 is 28.7 Å². The quantitative estimate of drug-likeness (QED) is 0.119. The SMILES string of the molecule is CCOC(=O)c1c(NC(=O)C(=O)N/N=C\c2cc(Br)ccc2OC(=O)c2ccccc2C)sc2c1CC[C@@H](C)C2. The van der Waals surface area contributed by atoms with Crippen molar-refractivity contribution in [1.82, 2.24) is 5.43 Å². The van der Waals surface area contributed by atoms with Crippen molar-refractivity contribution in [1.29, 1.82) is 0 Å². The first-order valence-electron chi connectivity index (χ1n) is 12.7. The molecule has 0 radical (unpaired) electrons. The van der Waals surface area contributed by atoms with E-state index in [0.717, 1.165) is 28.8 Å². The van der Waals surface area contributed by atoms with Gasteiger partial charge in [0.2, 0.25) is 0 Å². The fourth-order valence-corrected chi connectivity index (χ4v) is 6.07. The molecule has 4 rings (SSSR count). The van der Waals surface area contributed by atoms with Crippen LogP contribution in [0.3, 0.4) is 0 Å². The summed E-state index contributed by atoms with van der Waals surface area (Å²) in [4.78, 5) is 51.6. The van der Waals surface area contributed by atoms with Gasteiger partial charge in [-0.05, 0) is 74.4 Å². The van der Waals surface area contributed by atoms with Crippen molar-refractivity contribution in [2.75, 3.05) is 11.9 Å². The molecule has 2 amide bonds. The van der Waals surface area contributed by atoms with Crippen molar-refractivity contribution in [2.45, 2.75) is 40.0 Å². The number of hydrogen-bond acceptors (Lipinski definition) is 8. The average Bonchev–Trinajstić information content (AvgIpc) is 3.27. The molecule has 0 saturated heterocycles. The number of amides is 2. The molecular weight excluding hydrogens is 598 g/mol. The Balaban J connectivity index is 1.46. The Morgan fingerprint density at radius 3 is 2.65 bits per heavy atom. The van der Waals surface area contributed by atoms with Gasteiger partial charge in [-0.25, -0.2) is 15.0 Å². The number of nitrogens with one attached hydrogen (secondary N) is 2. The van der Waals surface area contributed by atoms with E-state index in [4.69, 9.17) is 9.47 Å². The Hall–Kier alpha value is -3.83. The molecule has 0 fully saturated rings. The van der Waals surface area contributed by atoms with Crippen molar-refractivity contribution in [3.8, 4) is 5.75 Å². The molecule has 11 heteroatoms. The van der Waals surface area contributed by atoms with Gasteiger partial charge in [0.05, 0.1) is 23.9 Å². The number of fused-ring (bicyclic) bond motifs is 1. The highest BCUT2D eigenvalue weighted by molar-refractivity contribution is 9.10. The maximum atomic E-state index is 12.7. The van der Waals surface area contributed by atoms with Gasteiger partial charge in [0.15, 0.2) is 0 Å². The Bertz CT molecular complexity index is 1500. The maximum absolute atomic E-state index is 12.7. The summed E-state index contributed by atoms with van der Waals surface area (Å²) >= 11 is 4.66. The van der Waals surface area contributed by atoms with Crippen LogP contribution in [0.4, 0.5) is 5.00 Å². The Kier molecular flexibility index (Phi) is 9.49. The highest BCUT2D eigenvalue weighted by atomic mass is 79.9. The van der Waals surface area contributed by atoms with E-state index in [1.54, 1.807) is 37.3 Å². The zero-order chi connectivity index (χ0) is 28.8. The number of benzene rings is 2. The van der Waals surface area contributed by atoms with Gasteiger partial charge in [0.25, 0.3) is 0 Å². The predicted octanol–water partition coefficient (Wildman–Crippen LogP) is 5.43. The number of anilines is 1. The van der Waals surface area contributed by atoms with Gasteiger partial charge < -0.3 is 14.8 Å². The third kappa shape index (κ3) is 6.83. The first kappa shape index (κ1) is 29.2. The molecule has 208 valence electrons. The summed E-state index contributed by atoms with van der Waals surface area (Å²) in [6.07, 6.45) is 3.70. The first-order valence-corrected chi connectivity index (χ1v) is 14.3. The number of esters is 2. The fraction of sp³-hybridized carbons (Fsp3) is 0.276. The Labute approximate surface area is 244 Å². The van der Waals surface area contributed by atoms with Gasteiger partial charge in [0, 0.05) is 14.9 Å². The lowest BCUT2D eigenvalue weighted by molar-refractivity contribution is -0.136. The van der Waals surface area contributed by atoms with Gasteiger partial charge in [-0.2, -0.15) is 5.10 Å². The molecule has 9 nitrogen and oxygen atoms in total. The monoisotopic (exact) mass is 625 g/mol. The molecular formula is C29H28BrN3O6S. The van der Waals surface area contributed by atoms with Gasteiger partial charge in [-0.15, -0.1) is 11.3 Å². The summed E-state index contributed by atoms with van der Waals surface area (Å²) in [7, 11) is 0. The number of hydrogen-bond donors (Lipinski definition) is 2. The highest BCUT2D eigenvalue weighted by Gasteiger charge is 2.30. The Morgan fingerprint density at radius 1 is 1.12 bits per heavy atom. The lowest BCUT2D eigenvalue weighted by atomic mass is 9.88. The lowest BCUT2D eigenvalue weighted by Gasteiger charge is -2.18. The molecule has 1 aliphatic carbocycles. The van der Waals surface area contributed by atoms with E-state index in [-0.39, 0.29) is 12.4 Å². The third-order valence-electron chi connectivity index (χ3n) is 6.33. The number of carbonyl (C=O) groups is 4. The van der Waals surface area contributed by atoms with Crippen molar-refractivity contribution in [3.05, 3.63) is 79.6 Å². The van der Waals surface area contributed by atoms with Gasteiger partial charge >= 0.3 is 23.8 Å². The van der Waals surface area contributed by atoms with Crippen LogP contribution in [-0.2, 0) is 27.2 Å². The molecule has 2 N–H and O–H groups in total. The maximum Gasteiger partial charge on any atom is 0.343 e. The smallest absolute Gasteiger partial charge is 0.343 e. The molecule has 0 unspecified atom stereocenters. The summed E-state index contributed by atoms with van der Waals surface area (Å²) in [6, 6.07) is 12.0. The zero-order valence-corrected chi connectivity index (χ0v) is 24.6. The van der Waals surface area contributed by atoms with Crippen LogP contribution in [0.25, 0.3) is 0 Å². The highest BCUT2D eigenvalue weighted by Crippen LogP contribution is 2.40. The molecule has 2 aromatic carbocycles. The van der Waals surface area contributed by atoms with Crippen LogP contribution in [0.15, 0.2) is 52.0 Å². The summed E-state index contributed by atoms with van der Waals surface area (Å²) in [5, 5.41) is 6.73. The number of nitrogens with zero attached hydrogens (tertiary/aromatic N) is 1. The van der Waals surface area contributed by atoms with Crippen molar-refractivity contribution in [3.63, 3.8) is 0 Å². The zero-order valence-electron chi connectivity index (χ0n) is 22.2. The second-order valence-electron chi connectivity index (χ2n) is 9.32. The second-order valence-corrected chi connectivity index (χ2v) is 11.3. The number of hydrazone groups is 1. The predicted molar refractivity (Wildman–Crippen MR) is 156 cm³/mol. The molecule has 1 aromatic heterocycles. The summed E-state index contributed by atoms with van der Waals surface area (Å²) < 4.78 is 11.5. The number of ether oxygens (including phenoxy) is 2. The first-order chi connectivity index (χ1) is 19.2. The van der Waals surface area contributed by atoms with Crippen LogP contribution in [-0.4, -0.2) is 36.6 Å². The van der Waals surface area contributed by atoms with Crippen LogP contribution in [0.1, 0.15) is 62.6 Å². The number of rotatable bonds is 7. The Morgan fingerprint density at radius 2 is 1.90 bits per heavy atom. The van der Waals surface area contributed by atoms with Crippen LogP contribution < -0.4 is 15.5 Å². The van der Waals surface area contributed by atoms with Gasteiger partial charge in [-0.1, -0.05) is 41.1 Å². The van der Waals surface area contributed by atoms with Crippen LogP contribution in [0, 0.1) is 12.8 Å². The van der Waals surface area contributed by atoms with E-state index in [0.29, 0.717) is 38.5 Å². The minimum Gasteiger partial charge on any atom is -0.462 e. The van der Waals surface area contributed by atoms with Gasteiger partial charge in [0.1, 0.15) is 10.8 Å². The molecule has 1 aliphatic rings. The lowest BCUT2D eigenvalue weighted by Crippen LogP contribution is -2.32. The number of carbonyl (C=O) groups excluding carboxylic acids is 4. The normalized spacial score (nSPS) is 14.3. The standard InChI is InChI=1S/C29H28BrN3O6S/c1-4-38-29(37)24-21-11-9-16(2)13-23(21)40-27(24)32-25(34)26(35)33-31-15-18-14-19(30)10-12-22(18)39-28(36)20-8-6-5-7-17(20)3/h5-8,10,12,14-16H,4,9,11,13H2,1-3H3,(H,32,34)(H,33,35)/b31-15-/t16-/m1/s1. The number of halogens is 1. The molecule has 1 heterocycles. The fourth-order valence-electron chi connectivity index (χ4n) is 4.30. The second kappa shape index (κ2) is 13.0.